The highest BCUT2D eigenvalue weighted by molar-refractivity contribution is 5.01. The van der Waals surface area contributed by atoms with Gasteiger partial charge in [-0.2, -0.15) is 5.10 Å². The smallest absolute Gasteiger partial charge is 0.0658 e. The first-order valence-corrected chi connectivity index (χ1v) is 6.54. The molecule has 2 heterocycles. The van der Waals surface area contributed by atoms with E-state index >= 15 is 0 Å². The fourth-order valence-electron chi connectivity index (χ4n) is 2.87. The summed E-state index contributed by atoms with van der Waals surface area (Å²) in [6.45, 7) is 5.92. The van der Waals surface area contributed by atoms with Crippen molar-refractivity contribution in [3.05, 3.63) is 18.0 Å². The third-order valence-electron chi connectivity index (χ3n) is 4.09. The van der Waals surface area contributed by atoms with Gasteiger partial charge in [-0.05, 0) is 37.7 Å². The van der Waals surface area contributed by atoms with Crippen molar-refractivity contribution in [1.29, 1.82) is 0 Å². The molecule has 1 aliphatic carbocycles. The summed E-state index contributed by atoms with van der Waals surface area (Å²) < 4.78 is 2.16. The molecule has 1 aliphatic heterocycles. The highest BCUT2D eigenvalue weighted by Crippen LogP contribution is 2.30. The molecule has 0 radical (unpaired) electrons. The Labute approximate surface area is 97.4 Å². The Hall–Kier alpha value is -0.830. The third kappa shape index (κ3) is 2.01. The van der Waals surface area contributed by atoms with Crippen LogP contribution in [0.5, 0.6) is 0 Å². The topological polar surface area (TPSA) is 21.1 Å². The summed E-state index contributed by atoms with van der Waals surface area (Å²) in [6.07, 6.45) is 9.80. The number of hydrogen-bond donors (Lipinski definition) is 0. The molecular weight excluding hydrogens is 198 g/mol. The van der Waals surface area contributed by atoms with Crippen molar-refractivity contribution < 1.29 is 0 Å². The zero-order chi connectivity index (χ0) is 11.0. The molecule has 0 amide bonds. The largest absolute Gasteiger partial charge is 0.301 e. The predicted molar refractivity (Wildman–Crippen MR) is 64.4 cm³/mol. The second-order valence-electron chi connectivity index (χ2n) is 5.50. The van der Waals surface area contributed by atoms with Crippen LogP contribution in [-0.2, 0) is 0 Å². The summed E-state index contributed by atoms with van der Waals surface area (Å²) in [4.78, 5) is 2.63. The van der Waals surface area contributed by atoms with Crippen molar-refractivity contribution in [3.8, 4) is 0 Å². The second kappa shape index (κ2) is 4.21. The van der Waals surface area contributed by atoms with E-state index in [0.717, 1.165) is 5.92 Å². The van der Waals surface area contributed by atoms with Crippen LogP contribution in [0.15, 0.2) is 12.4 Å². The van der Waals surface area contributed by atoms with Gasteiger partial charge in [0.1, 0.15) is 0 Å². The highest BCUT2D eigenvalue weighted by Gasteiger charge is 2.28. The van der Waals surface area contributed by atoms with Crippen LogP contribution in [0.3, 0.4) is 0 Å². The lowest BCUT2D eigenvalue weighted by molar-refractivity contribution is 0.200. The monoisotopic (exact) mass is 219 g/mol. The van der Waals surface area contributed by atoms with Gasteiger partial charge >= 0.3 is 0 Å². The van der Waals surface area contributed by atoms with Gasteiger partial charge in [-0.3, -0.25) is 4.68 Å². The Morgan fingerprint density at radius 2 is 2.25 bits per heavy atom. The maximum atomic E-state index is 4.44. The molecule has 88 valence electrons. The van der Waals surface area contributed by atoms with Crippen LogP contribution < -0.4 is 0 Å². The van der Waals surface area contributed by atoms with Gasteiger partial charge in [-0.25, -0.2) is 0 Å². The van der Waals surface area contributed by atoms with Gasteiger partial charge in [0, 0.05) is 25.8 Å². The molecular formula is C13H21N3. The van der Waals surface area contributed by atoms with Crippen LogP contribution in [0.1, 0.15) is 37.3 Å². The van der Waals surface area contributed by atoms with Gasteiger partial charge in [0.15, 0.2) is 0 Å². The van der Waals surface area contributed by atoms with E-state index in [2.05, 4.69) is 27.8 Å². The molecule has 3 nitrogen and oxygen atoms in total. The van der Waals surface area contributed by atoms with E-state index in [9.17, 15) is 0 Å². The molecule has 1 saturated heterocycles. The van der Waals surface area contributed by atoms with E-state index in [4.69, 9.17) is 0 Å². The second-order valence-corrected chi connectivity index (χ2v) is 5.50. The zero-order valence-electron chi connectivity index (χ0n) is 10.1. The Morgan fingerprint density at radius 1 is 1.38 bits per heavy atom. The molecule has 1 aromatic heterocycles. The number of rotatable bonds is 3. The Bertz CT molecular complexity index is 354. The number of aryl methyl sites for hydroxylation is 1. The first-order chi connectivity index (χ1) is 7.81. The normalized spacial score (nSPS) is 27.2. The summed E-state index contributed by atoms with van der Waals surface area (Å²) >= 11 is 0. The molecule has 0 bridgehead atoms. The van der Waals surface area contributed by atoms with Gasteiger partial charge in [0.2, 0.25) is 0 Å². The maximum absolute atomic E-state index is 4.44. The maximum Gasteiger partial charge on any atom is 0.0658 e. The standard InChI is InChI=1S/C13H21N3/c1-11-7-14-16(8-11)13-5-6-15(10-13)9-12-3-2-4-12/h7-8,12-13H,2-6,9-10H2,1H3. The molecule has 0 N–H and O–H groups in total. The highest BCUT2D eigenvalue weighted by atomic mass is 15.3. The summed E-state index contributed by atoms with van der Waals surface area (Å²) in [5.74, 6) is 0.998. The average Bonchev–Trinajstić information content (AvgIpc) is 2.80. The number of hydrogen-bond acceptors (Lipinski definition) is 2. The number of aromatic nitrogens is 2. The molecule has 2 fully saturated rings. The lowest BCUT2D eigenvalue weighted by Gasteiger charge is -2.29. The van der Waals surface area contributed by atoms with Crippen molar-refractivity contribution >= 4 is 0 Å². The van der Waals surface area contributed by atoms with Crippen molar-refractivity contribution in [2.45, 2.75) is 38.6 Å². The first kappa shape index (κ1) is 10.3. The minimum atomic E-state index is 0.619. The number of nitrogens with zero attached hydrogens (tertiary/aromatic N) is 3. The fourth-order valence-corrected chi connectivity index (χ4v) is 2.87. The number of likely N-dealkylation sites (tertiary alicyclic amines) is 1. The quantitative estimate of drug-likeness (QED) is 0.777. The molecule has 3 rings (SSSR count). The summed E-state index contributed by atoms with van der Waals surface area (Å²) in [6, 6.07) is 0.619. The van der Waals surface area contributed by atoms with Crippen LogP contribution in [0.4, 0.5) is 0 Å². The van der Waals surface area contributed by atoms with Gasteiger partial charge in [0.05, 0.1) is 12.2 Å². The Kier molecular flexibility index (Phi) is 2.72. The van der Waals surface area contributed by atoms with Crippen LogP contribution in [0, 0.1) is 12.8 Å². The zero-order valence-corrected chi connectivity index (χ0v) is 10.1. The molecule has 1 atom stereocenters. The van der Waals surface area contributed by atoms with Crippen molar-refractivity contribution in [2.75, 3.05) is 19.6 Å². The van der Waals surface area contributed by atoms with E-state index in [0.29, 0.717) is 6.04 Å². The SMILES string of the molecule is Cc1cnn(C2CCN(CC3CCC3)C2)c1. The minimum absolute atomic E-state index is 0.619. The van der Waals surface area contributed by atoms with Gasteiger partial charge in [-0.15, -0.1) is 0 Å². The van der Waals surface area contributed by atoms with Crippen molar-refractivity contribution in [2.24, 2.45) is 5.92 Å². The Balaban J connectivity index is 1.55. The molecule has 16 heavy (non-hydrogen) atoms. The minimum Gasteiger partial charge on any atom is -0.301 e. The van der Waals surface area contributed by atoms with Crippen molar-refractivity contribution in [3.63, 3.8) is 0 Å². The lowest BCUT2D eigenvalue weighted by Crippen LogP contribution is -2.31. The van der Waals surface area contributed by atoms with E-state index in [-0.39, 0.29) is 0 Å². The summed E-state index contributed by atoms with van der Waals surface area (Å²) in [7, 11) is 0. The van der Waals surface area contributed by atoms with Crippen LogP contribution >= 0.6 is 0 Å². The fraction of sp³-hybridized carbons (Fsp3) is 0.769. The van der Waals surface area contributed by atoms with Crippen LogP contribution in [0.2, 0.25) is 0 Å². The molecule has 1 aromatic rings. The van der Waals surface area contributed by atoms with E-state index in [1.165, 1.54) is 50.9 Å². The Morgan fingerprint density at radius 3 is 2.88 bits per heavy atom. The van der Waals surface area contributed by atoms with Crippen LogP contribution in [-0.4, -0.2) is 34.3 Å². The third-order valence-corrected chi connectivity index (χ3v) is 4.09. The van der Waals surface area contributed by atoms with Crippen molar-refractivity contribution in [1.82, 2.24) is 14.7 Å². The predicted octanol–water partition coefficient (Wildman–Crippen LogP) is 2.24. The summed E-state index contributed by atoms with van der Waals surface area (Å²) in [5, 5.41) is 4.44. The van der Waals surface area contributed by atoms with Gasteiger partial charge in [0.25, 0.3) is 0 Å². The van der Waals surface area contributed by atoms with Gasteiger partial charge < -0.3 is 4.90 Å². The summed E-state index contributed by atoms with van der Waals surface area (Å²) in [5.41, 5.74) is 1.28. The average molecular weight is 219 g/mol. The lowest BCUT2D eigenvalue weighted by atomic mass is 9.85. The molecule has 0 aromatic carbocycles. The molecule has 3 heteroatoms. The molecule has 1 unspecified atom stereocenters. The van der Waals surface area contributed by atoms with E-state index in [1.807, 2.05) is 6.20 Å². The van der Waals surface area contributed by atoms with Gasteiger partial charge in [-0.1, -0.05) is 6.42 Å². The molecule has 1 saturated carbocycles. The van der Waals surface area contributed by atoms with E-state index < -0.39 is 0 Å². The first-order valence-electron chi connectivity index (χ1n) is 6.54. The van der Waals surface area contributed by atoms with E-state index in [1.54, 1.807) is 0 Å². The molecule has 2 aliphatic rings. The molecule has 0 spiro atoms. The van der Waals surface area contributed by atoms with Crippen LogP contribution in [0.25, 0.3) is 0 Å².